The lowest BCUT2D eigenvalue weighted by Crippen LogP contribution is -2.30. The minimum Gasteiger partial charge on any atom is -0.317 e. The zero-order valence-corrected chi connectivity index (χ0v) is 10.0. The molecule has 1 N–H and O–H groups in total. The molecule has 1 aromatic carbocycles. The summed E-state index contributed by atoms with van der Waals surface area (Å²) in [6, 6.07) is 3.19. The van der Waals surface area contributed by atoms with Gasteiger partial charge in [0.15, 0.2) is 5.78 Å². The zero-order chi connectivity index (χ0) is 12.8. The average Bonchev–Trinajstić information content (AvgIpc) is 3.03. The fraction of sp³-hybridized carbons (Fsp3) is 0.500. The molecule has 0 radical (unpaired) electrons. The normalized spacial score (nSPS) is 25.1. The Kier molecular flexibility index (Phi) is 2.70. The molecule has 2 nitrogen and oxygen atoms in total. The van der Waals surface area contributed by atoms with Crippen LogP contribution in [0.25, 0.3) is 0 Å². The Morgan fingerprint density at radius 2 is 2.00 bits per heavy atom. The summed E-state index contributed by atoms with van der Waals surface area (Å²) in [5, 5.41) is 3.26. The summed E-state index contributed by atoms with van der Waals surface area (Å²) >= 11 is 0. The van der Waals surface area contributed by atoms with Gasteiger partial charge in [-0.3, -0.25) is 4.79 Å². The summed E-state index contributed by atoms with van der Waals surface area (Å²) < 4.78 is 26.4. The largest absolute Gasteiger partial charge is 0.317 e. The van der Waals surface area contributed by atoms with Crippen LogP contribution in [0.2, 0.25) is 0 Å². The molecule has 1 atom stereocenters. The van der Waals surface area contributed by atoms with Crippen LogP contribution in [0.5, 0.6) is 0 Å². The van der Waals surface area contributed by atoms with Crippen molar-refractivity contribution in [1.82, 2.24) is 5.32 Å². The minimum atomic E-state index is -0.740. The fourth-order valence-corrected chi connectivity index (χ4v) is 3.07. The van der Waals surface area contributed by atoms with Crippen LogP contribution in [0.3, 0.4) is 0 Å². The highest BCUT2D eigenvalue weighted by Crippen LogP contribution is 2.59. The molecular weight excluding hydrogens is 236 g/mol. The van der Waals surface area contributed by atoms with Crippen molar-refractivity contribution in [1.29, 1.82) is 0 Å². The van der Waals surface area contributed by atoms with E-state index in [9.17, 15) is 13.6 Å². The number of hydrogen-bond donors (Lipinski definition) is 1. The number of carbonyl (C=O) groups is 1. The Morgan fingerprint density at radius 3 is 2.67 bits per heavy atom. The highest BCUT2D eigenvalue weighted by molar-refractivity contribution is 6.00. The van der Waals surface area contributed by atoms with Crippen LogP contribution in [0, 0.1) is 23.0 Å². The van der Waals surface area contributed by atoms with E-state index in [1.54, 1.807) is 0 Å². The van der Waals surface area contributed by atoms with E-state index in [-0.39, 0.29) is 22.7 Å². The van der Waals surface area contributed by atoms with E-state index in [0.29, 0.717) is 0 Å². The summed E-state index contributed by atoms with van der Waals surface area (Å²) in [7, 11) is 0. The van der Waals surface area contributed by atoms with Crippen LogP contribution in [0.4, 0.5) is 8.78 Å². The molecule has 1 unspecified atom stereocenters. The topological polar surface area (TPSA) is 29.1 Å². The maximum Gasteiger partial charge on any atom is 0.169 e. The second-order valence-corrected chi connectivity index (χ2v) is 5.36. The van der Waals surface area contributed by atoms with Crippen LogP contribution in [0.15, 0.2) is 18.2 Å². The first-order chi connectivity index (χ1) is 8.62. The van der Waals surface area contributed by atoms with Gasteiger partial charge in [0, 0.05) is 12.0 Å². The molecule has 4 heteroatoms. The molecule has 96 valence electrons. The molecule has 1 saturated heterocycles. The summed E-state index contributed by atoms with van der Waals surface area (Å²) in [6.07, 6.45) is 2.81. The van der Waals surface area contributed by atoms with Crippen LogP contribution in [0.1, 0.15) is 29.6 Å². The van der Waals surface area contributed by atoms with Crippen molar-refractivity contribution in [2.45, 2.75) is 19.3 Å². The third kappa shape index (κ3) is 1.85. The van der Waals surface area contributed by atoms with Gasteiger partial charge in [-0.25, -0.2) is 8.78 Å². The molecule has 2 fully saturated rings. The van der Waals surface area contributed by atoms with E-state index < -0.39 is 11.6 Å². The van der Waals surface area contributed by atoms with Gasteiger partial charge in [0.2, 0.25) is 0 Å². The third-order valence-corrected chi connectivity index (χ3v) is 4.30. The second-order valence-electron chi connectivity index (χ2n) is 5.36. The number of rotatable bonds is 2. The van der Waals surface area contributed by atoms with E-state index in [4.69, 9.17) is 0 Å². The molecule has 1 aliphatic heterocycles. The van der Waals surface area contributed by atoms with Crippen molar-refractivity contribution in [3.8, 4) is 0 Å². The van der Waals surface area contributed by atoms with Gasteiger partial charge in [0.25, 0.3) is 0 Å². The summed E-state index contributed by atoms with van der Waals surface area (Å²) in [4.78, 5) is 12.2. The van der Waals surface area contributed by atoms with E-state index in [2.05, 4.69) is 5.32 Å². The summed E-state index contributed by atoms with van der Waals surface area (Å²) in [5.41, 5.74) is 0.125. The van der Waals surface area contributed by atoms with Crippen molar-refractivity contribution < 1.29 is 13.6 Å². The van der Waals surface area contributed by atoms with Crippen LogP contribution < -0.4 is 5.32 Å². The SMILES string of the molecule is O=C(c1ccc(F)cc1F)C1CC12CCNCC2. The van der Waals surface area contributed by atoms with Crippen LogP contribution in [-0.4, -0.2) is 18.9 Å². The maximum atomic E-state index is 13.6. The number of Topliss-reactive ketones (excluding diaryl/α,β-unsaturated/α-hetero) is 1. The molecule has 1 heterocycles. The lowest BCUT2D eigenvalue weighted by atomic mass is 9.89. The Bertz CT molecular complexity index is 495. The molecule has 0 amide bonds. The van der Waals surface area contributed by atoms with Crippen LogP contribution in [-0.2, 0) is 0 Å². The number of carbonyl (C=O) groups excluding carboxylic acids is 1. The summed E-state index contributed by atoms with van der Waals surface area (Å²) in [5.74, 6) is -1.61. The van der Waals surface area contributed by atoms with E-state index >= 15 is 0 Å². The molecule has 2 aliphatic rings. The first kappa shape index (κ1) is 11.8. The second kappa shape index (κ2) is 4.12. The summed E-state index contributed by atoms with van der Waals surface area (Å²) in [6.45, 7) is 1.85. The third-order valence-electron chi connectivity index (χ3n) is 4.30. The Labute approximate surface area is 104 Å². The zero-order valence-electron chi connectivity index (χ0n) is 10.0. The van der Waals surface area contributed by atoms with Gasteiger partial charge in [-0.1, -0.05) is 0 Å². The molecule has 1 saturated carbocycles. The number of benzene rings is 1. The predicted molar refractivity (Wildman–Crippen MR) is 63.3 cm³/mol. The number of piperidine rings is 1. The van der Waals surface area contributed by atoms with Gasteiger partial charge in [-0.2, -0.15) is 0 Å². The smallest absolute Gasteiger partial charge is 0.169 e. The first-order valence-corrected chi connectivity index (χ1v) is 6.32. The fourth-order valence-electron chi connectivity index (χ4n) is 3.07. The number of nitrogens with one attached hydrogen (secondary N) is 1. The maximum absolute atomic E-state index is 13.6. The van der Waals surface area contributed by atoms with Gasteiger partial charge < -0.3 is 5.32 Å². The number of halogens is 2. The first-order valence-electron chi connectivity index (χ1n) is 6.32. The molecule has 1 spiro atoms. The minimum absolute atomic E-state index is 0.0387. The number of hydrogen-bond acceptors (Lipinski definition) is 2. The predicted octanol–water partition coefficient (Wildman–Crippen LogP) is 2.54. The van der Waals surface area contributed by atoms with E-state index in [1.807, 2.05) is 0 Å². The highest BCUT2D eigenvalue weighted by atomic mass is 19.1. The molecule has 0 bridgehead atoms. The molecule has 18 heavy (non-hydrogen) atoms. The Balaban J connectivity index is 1.80. The Morgan fingerprint density at radius 1 is 1.28 bits per heavy atom. The van der Waals surface area contributed by atoms with Gasteiger partial charge in [-0.05, 0) is 49.9 Å². The quantitative estimate of drug-likeness (QED) is 0.818. The highest BCUT2D eigenvalue weighted by Gasteiger charge is 2.57. The van der Waals surface area contributed by atoms with Gasteiger partial charge >= 0.3 is 0 Å². The van der Waals surface area contributed by atoms with E-state index in [0.717, 1.165) is 44.5 Å². The average molecular weight is 251 g/mol. The van der Waals surface area contributed by atoms with Crippen molar-refractivity contribution in [2.75, 3.05) is 13.1 Å². The molecule has 3 rings (SSSR count). The molecule has 1 aliphatic carbocycles. The van der Waals surface area contributed by atoms with Gasteiger partial charge in [0.05, 0.1) is 5.56 Å². The van der Waals surface area contributed by atoms with Crippen molar-refractivity contribution in [3.63, 3.8) is 0 Å². The number of ketones is 1. The molecule has 0 aromatic heterocycles. The Hall–Kier alpha value is -1.29. The lowest BCUT2D eigenvalue weighted by molar-refractivity contribution is 0.0936. The lowest BCUT2D eigenvalue weighted by Gasteiger charge is -2.23. The molecular formula is C14H15F2NO. The monoisotopic (exact) mass is 251 g/mol. The van der Waals surface area contributed by atoms with Gasteiger partial charge in [-0.15, -0.1) is 0 Å². The van der Waals surface area contributed by atoms with Crippen molar-refractivity contribution in [3.05, 3.63) is 35.4 Å². The standard InChI is InChI=1S/C14H15F2NO/c15-9-1-2-10(12(16)7-9)13(18)11-8-14(11)3-5-17-6-4-14/h1-2,7,11,17H,3-6,8H2. The van der Waals surface area contributed by atoms with Crippen molar-refractivity contribution in [2.24, 2.45) is 11.3 Å². The van der Waals surface area contributed by atoms with E-state index in [1.165, 1.54) is 6.07 Å². The van der Waals surface area contributed by atoms with Crippen LogP contribution >= 0.6 is 0 Å². The molecule has 1 aromatic rings. The van der Waals surface area contributed by atoms with Gasteiger partial charge in [0.1, 0.15) is 11.6 Å². The van der Waals surface area contributed by atoms with Crippen molar-refractivity contribution >= 4 is 5.78 Å².